The van der Waals surface area contributed by atoms with Gasteiger partial charge in [0.1, 0.15) is 11.4 Å². The summed E-state index contributed by atoms with van der Waals surface area (Å²) in [5, 5.41) is 24.2. The minimum Gasteiger partial charge on any atom is -0.315 e. The fraction of sp³-hybridized carbons (Fsp3) is 0.381. The molecule has 2 fully saturated rings. The highest BCUT2D eigenvalue weighted by Gasteiger charge is 2.46. The zero-order valence-corrected chi connectivity index (χ0v) is 16.3. The van der Waals surface area contributed by atoms with Crippen molar-refractivity contribution >= 4 is 10.9 Å². The lowest BCUT2D eigenvalue weighted by atomic mass is 9.67. The number of rotatable bonds is 4. The van der Waals surface area contributed by atoms with E-state index in [1.165, 1.54) is 0 Å². The van der Waals surface area contributed by atoms with E-state index in [0.29, 0.717) is 19.3 Å². The molecular formula is C21H21N9. The molecule has 4 heterocycles. The van der Waals surface area contributed by atoms with Crippen LogP contribution < -0.4 is 16.6 Å². The average molecular weight is 399 g/mol. The van der Waals surface area contributed by atoms with Crippen molar-refractivity contribution < 1.29 is 0 Å². The Morgan fingerprint density at radius 3 is 2.87 bits per heavy atom. The summed E-state index contributed by atoms with van der Waals surface area (Å²) in [7, 11) is 0. The lowest BCUT2D eigenvalue weighted by Gasteiger charge is -2.43. The van der Waals surface area contributed by atoms with Gasteiger partial charge in [-0.2, -0.15) is 15.6 Å². The Labute approximate surface area is 173 Å². The van der Waals surface area contributed by atoms with Crippen LogP contribution in [0.15, 0.2) is 36.7 Å². The summed E-state index contributed by atoms with van der Waals surface area (Å²) in [6.07, 6.45) is 5.86. The summed E-state index contributed by atoms with van der Waals surface area (Å²) in [6, 6.07) is 12.3. The lowest BCUT2D eigenvalue weighted by Crippen LogP contribution is -2.46. The molecular weight excluding hydrogens is 378 g/mol. The standard InChI is InChI=1S/C21H21N9/c22-5-4-21(10-13(11-21)12-23)30-7-3-15(29-30)20-14-2-1-6-25-16(14)8-17(26-20)18-9-19(24)28-27-18/h1-3,6-8,13,18-19,27-28H,4,9-11,24H2. The van der Waals surface area contributed by atoms with E-state index in [4.69, 9.17) is 15.8 Å². The SMILES string of the molecule is N#CCC1(n2ccc(-c3nc(C4CC(N)NN4)cc4ncccc34)n2)CC(C#N)C1. The zero-order chi connectivity index (χ0) is 20.7. The second-order valence-corrected chi connectivity index (χ2v) is 8.09. The first-order valence-corrected chi connectivity index (χ1v) is 9.97. The van der Waals surface area contributed by atoms with Gasteiger partial charge < -0.3 is 5.73 Å². The van der Waals surface area contributed by atoms with E-state index in [-0.39, 0.29) is 18.1 Å². The Bertz CT molecular complexity index is 1180. The van der Waals surface area contributed by atoms with Crippen LogP contribution in [-0.4, -0.2) is 25.9 Å². The number of nitrogens with zero attached hydrogens (tertiary/aromatic N) is 6. The van der Waals surface area contributed by atoms with Crippen LogP contribution in [-0.2, 0) is 5.54 Å². The predicted octanol–water partition coefficient (Wildman–Crippen LogP) is 1.86. The van der Waals surface area contributed by atoms with Gasteiger partial charge in [-0.25, -0.2) is 15.8 Å². The highest BCUT2D eigenvalue weighted by atomic mass is 15.4. The second-order valence-electron chi connectivity index (χ2n) is 8.09. The molecule has 3 aromatic heterocycles. The maximum atomic E-state index is 9.31. The lowest BCUT2D eigenvalue weighted by molar-refractivity contribution is 0.0884. The summed E-state index contributed by atoms with van der Waals surface area (Å²) in [5.74, 6) is -0.0253. The van der Waals surface area contributed by atoms with Crippen molar-refractivity contribution in [2.45, 2.75) is 43.4 Å². The van der Waals surface area contributed by atoms with Crippen LogP contribution in [0.3, 0.4) is 0 Å². The number of nitriles is 2. The number of nitrogens with one attached hydrogen (secondary N) is 2. The highest BCUT2D eigenvalue weighted by molar-refractivity contribution is 5.91. The number of fused-ring (bicyclic) bond motifs is 1. The quantitative estimate of drug-likeness (QED) is 0.603. The summed E-state index contributed by atoms with van der Waals surface area (Å²) < 4.78 is 1.85. The van der Waals surface area contributed by atoms with Gasteiger partial charge in [0, 0.05) is 17.8 Å². The van der Waals surface area contributed by atoms with Crippen molar-refractivity contribution in [2.75, 3.05) is 0 Å². The summed E-state index contributed by atoms with van der Waals surface area (Å²) in [4.78, 5) is 9.43. The van der Waals surface area contributed by atoms with E-state index < -0.39 is 5.54 Å². The van der Waals surface area contributed by atoms with Gasteiger partial charge in [0.25, 0.3) is 0 Å². The highest BCUT2D eigenvalue weighted by Crippen LogP contribution is 2.46. The van der Waals surface area contributed by atoms with Gasteiger partial charge in [-0.05, 0) is 43.5 Å². The molecule has 2 atom stereocenters. The predicted molar refractivity (Wildman–Crippen MR) is 109 cm³/mol. The van der Waals surface area contributed by atoms with Gasteiger partial charge in [0.15, 0.2) is 0 Å². The van der Waals surface area contributed by atoms with Crippen LogP contribution in [0.4, 0.5) is 0 Å². The molecule has 150 valence electrons. The number of nitrogens with two attached hydrogens (primary N) is 1. The molecule has 9 nitrogen and oxygen atoms in total. The molecule has 0 radical (unpaired) electrons. The van der Waals surface area contributed by atoms with Crippen LogP contribution in [0, 0.1) is 28.6 Å². The molecule has 0 amide bonds. The minimum atomic E-state index is -0.414. The topological polar surface area (TPSA) is 141 Å². The number of aromatic nitrogens is 4. The Hall–Kier alpha value is -3.37. The molecule has 1 aliphatic carbocycles. The zero-order valence-electron chi connectivity index (χ0n) is 16.3. The molecule has 2 unspecified atom stereocenters. The second kappa shape index (κ2) is 7.15. The molecule has 30 heavy (non-hydrogen) atoms. The van der Waals surface area contributed by atoms with Crippen LogP contribution in [0.5, 0.6) is 0 Å². The van der Waals surface area contributed by atoms with Crippen molar-refractivity contribution in [1.29, 1.82) is 10.5 Å². The molecule has 0 spiro atoms. The fourth-order valence-electron chi connectivity index (χ4n) is 4.47. The maximum Gasteiger partial charge on any atom is 0.111 e. The number of pyridine rings is 2. The Morgan fingerprint density at radius 1 is 1.27 bits per heavy atom. The molecule has 0 bridgehead atoms. The fourth-order valence-corrected chi connectivity index (χ4v) is 4.47. The van der Waals surface area contributed by atoms with Gasteiger partial charge in [0.2, 0.25) is 0 Å². The number of hydrazine groups is 1. The number of hydrogen-bond donors (Lipinski definition) is 3. The van der Waals surface area contributed by atoms with E-state index in [9.17, 15) is 10.5 Å². The molecule has 1 saturated carbocycles. The first-order valence-electron chi connectivity index (χ1n) is 9.97. The van der Waals surface area contributed by atoms with Crippen LogP contribution >= 0.6 is 0 Å². The van der Waals surface area contributed by atoms with Gasteiger partial charge in [-0.1, -0.05) is 0 Å². The maximum absolute atomic E-state index is 9.31. The molecule has 4 N–H and O–H groups in total. The minimum absolute atomic E-state index is 0.0137. The van der Waals surface area contributed by atoms with Crippen LogP contribution in [0.1, 0.15) is 37.4 Å². The Morgan fingerprint density at radius 2 is 2.13 bits per heavy atom. The van der Waals surface area contributed by atoms with E-state index >= 15 is 0 Å². The van der Waals surface area contributed by atoms with Gasteiger partial charge in [-0.15, -0.1) is 0 Å². The van der Waals surface area contributed by atoms with E-state index in [0.717, 1.165) is 34.4 Å². The normalized spacial score (nSPS) is 28.0. The molecule has 9 heteroatoms. The van der Waals surface area contributed by atoms with E-state index in [1.54, 1.807) is 6.20 Å². The molecule has 3 aromatic rings. The van der Waals surface area contributed by atoms with Crippen molar-refractivity contribution in [2.24, 2.45) is 11.7 Å². The van der Waals surface area contributed by atoms with Crippen molar-refractivity contribution in [3.8, 4) is 23.5 Å². The summed E-state index contributed by atoms with van der Waals surface area (Å²) in [5.41, 5.74) is 14.9. The largest absolute Gasteiger partial charge is 0.315 e. The van der Waals surface area contributed by atoms with Crippen molar-refractivity contribution in [3.63, 3.8) is 0 Å². The average Bonchev–Trinajstić information content (AvgIpc) is 3.39. The molecule has 5 rings (SSSR count). The van der Waals surface area contributed by atoms with E-state index in [2.05, 4.69) is 28.0 Å². The Kier molecular flexibility index (Phi) is 4.44. The third kappa shape index (κ3) is 3.01. The molecule has 1 saturated heterocycles. The van der Waals surface area contributed by atoms with Gasteiger partial charge >= 0.3 is 0 Å². The van der Waals surface area contributed by atoms with Crippen molar-refractivity contribution in [3.05, 3.63) is 42.4 Å². The summed E-state index contributed by atoms with van der Waals surface area (Å²) >= 11 is 0. The van der Waals surface area contributed by atoms with Crippen LogP contribution in [0.25, 0.3) is 22.3 Å². The molecule has 1 aliphatic heterocycles. The van der Waals surface area contributed by atoms with Gasteiger partial charge in [-0.3, -0.25) is 9.67 Å². The van der Waals surface area contributed by atoms with Crippen LogP contribution in [0.2, 0.25) is 0 Å². The molecule has 0 aromatic carbocycles. The number of hydrogen-bond acceptors (Lipinski definition) is 8. The Balaban J connectivity index is 1.57. The van der Waals surface area contributed by atoms with E-state index in [1.807, 2.05) is 35.1 Å². The first-order chi connectivity index (χ1) is 14.6. The monoisotopic (exact) mass is 399 g/mol. The smallest absolute Gasteiger partial charge is 0.111 e. The third-order valence-electron chi connectivity index (χ3n) is 6.07. The molecule has 2 aliphatic rings. The van der Waals surface area contributed by atoms with Gasteiger partial charge in [0.05, 0.1) is 53.4 Å². The third-order valence-corrected chi connectivity index (χ3v) is 6.07. The first kappa shape index (κ1) is 18.6. The summed E-state index contributed by atoms with van der Waals surface area (Å²) in [6.45, 7) is 0. The van der Waals surface area contributed by atoms with Crippen molar-refractivity contribution in [1.82, 2.24) is 30.6 Å².